The molecule has 0 saturated carbocycles. The van der Waals surface area contributed by atoms with Crippen molar-refractivity contribution >= 4 is 0 Å². The van der Waals surface area contributed by atoms with Gasteiger partial charge in [0.25, 0.3) is 5.56 Å². The molecule has 2 aromatic rings. The van der Waals surface area contributed by atoms with E-state index in [1.165, 1.54) is 5.56 Å². The lowest BCUT2D eigenvalue weighted by molar-refractivity contribution is 0.766. The van der Waals surface area contributed by atoms with Crippen LogP contribution in [-0.4, -0.2) is 9.55 Å². The molecule has 0 spiro atoms. The minimum atomic E-state index is 0.179. The molecule has 0 N–H and O–H groups in total. The number of aromatic nitrogens is 2. The zero-order chi connectivity index (χ0) is 11.4. The van der Waals surface area contributed by atoms with Crippen molar-refractivity contribution in [2.75, 3.05) is 0 Å². The minimum absolute atomic E-state index is 0.179. The van der Waals surface area contributed by atoms with E-state index >= 15 is 0 Å². The monoisotopic (exact) mass is 224 g/mol. The first kappa shape index (κ1) is 9.16. The molecule has 3 nitrogen and oxygen atoms in total. The smallest absolute Gasteiger partial charge is 0.257 e. The van der Waals surface area contributed by atoms with Gasteiger partial charge in [0.15, 0.2) is 0 Å². The molecule has 2 aliphatic rings. The van der Waals surface area contributed by atoms with E-state index in [9.17, 15) is 4.79 Å². The van der Waals surface area contributed by atoms with Gasteiger partial charge in [0.2, 0.25) is 0 Å². The number of hydrogen-bond donors (Lipinski definition) is 0. The maximum atomic E-state index is 12.3. The van der Waals surface area contributed by atoms with Gasteiger partial charge in [-0.1, -0.05) is 24.3 Å². The third kappa shape index (κ3) is 1.11. The van der Waals surface area contributed by atoms with Gasteiger partial charge in [0.05, 0.1) is 12.2 Å². The Morgan fingerprint density at radius 2 is 2.06 bits per heavy atom. The van der Waals surface area contributed by atoms with Crippen molar-refractivity contribution in [3.8, 4) is 11.4 Å². The molecule has 1 aromatic carbocycles. The number of benzene rings is 1. The molecule has 0 amide bonds. The van der Waals surface area contributed by atoms with Crippen LogP contribution in [0.5, 0.6) is 0 Å². The third-order valence-electron chi connectivity index (χ3n) is 3.78. The molecule has 4 rings (SSSR count). The third-order valence-corrected chi connectivity index (χ3v) is 3.78. The van der Waals surface area contributed by atoms with Gasteiger partial charge in [-0.05, 0) is 24.8 Å². The highest BCUT2D eigenvalue weighted by Crippen LogP contribution is 2.30. The van der Waals surface area contributed by atoms with Crippen LogP contribution in [0.1, 0.15) is 23.2 Å². The lowest BCUT2D eigenvalue weighted by Crippen LogP contribution is -2.24. The van der Waals surface area contributed by atoms with Gasteiger partial charge in [-0.15, -0.1) is 0 Å². The van der Waals surface area contributed by atoms with Crippen molar-refractivity contribution in [2.24, 2.45) is 0 Å². The largest absolute Gasteiger partial charge is 0.288 e. The molecule has 0 saturated heterocycles. The van der Waals surface area contributed by atoms with Gasteiger partial charge in [-0.2, -0.15) is 0 Å². The Balaban J connectivity index is 2.07. The highest BCUT2D eigenvalue weighted by Gasteiger charge is 2.26. The molecule has 2 heterocycles. The number of aryl methyl sites for hydroxylation is 1. The normalized spacial score (nSPS) is 15.5. The van der Waals surface area contributed by atoms with Crippen molar-refractivity contribution in [1.82, 2.24) is 9.55 Å². The summed E-state index contributed by atoms with van der Waals surface area (Å²) in [5.74, 6) is 0.867. The minimum Gasteiger partial charge on any atom is -0.288 e. The van der Waals surface area contributed by atoms with Crippen LogP contribution in [0, 0.1) is 0 Å². The van der Waals surface area contributed by atoms with Crippen molar-refractivity contribution < 1.29 is 0 Å². The molecule has 1 aliphatic carbocycles. The van der Waals surface area contributed by atoms with E-state index in [-0.39, 0.29) is 5.56 Å². The zero-order valence-electron chi connectivity index (χ0n) is 9.44. The summed E-state index contributed by atoms with van der Waals surface area (Å²) in [5, 5.41) is 0. The Morgan fingerprint density at radius 1 is 1.18 bits per heavy atom. The maximum Gasteiger partial charge on any atom is 0.257 e. The van der Waals surface area contributed by atoms with Crippen LogP contribution in [0.3, 0.4) is 0 Å². The second kappa shape index (κ2) is 3.06. The van der Waals surface area contributed by atoms with E-state index in [2.05, 4.69) is 12.1 Å². The Labute approximate surface area is 98.7 Å². The van der Waals surface area contributed by atoms with Gasteiger partial charge in [-0.3, -0.25) is 9.36 Å². The van der Waals surface area contributed by atoms with Crippen LogP contribution >= 0.6 is 0 Å². The predicted molar refractivity (Wildman–Crippen MR) is 65.1 cm³/mol. The summed E-state index contributed by atoms with van der Waals surface area (Å²) in [7, 11) is 0. The highest BCUT2D eigenvalue weighted by molar-refractivity contribution is 5.65. The quantitative estimate of drug-likeness (QED) is 0.583. The Kier molecular flexibility index (Phi) is 1.65. The molecule has 0 fully saturated rings. The molecular weight excluding hydrogens is 212 g/mol. The molecule has 17 heavy (non-hydrogen) atoms. The first-order valence-corrected chi connectivity index (χ1v) is 6.05. The molecule has 0 atom stereocenters. The van der Waals surface area contributed by atoms with Gasteiger partial charge in [0, 0.05) is 11.1 Å². The van der Waals surface area contributed by atoms with Crippen LogP contribution in [-0.2, 0) is 19.4 Å². The van der Waals surface area contributed by atoms with Crippen LogP contribution < -0.4 is 5.56 Å². The SMILES string of the molecule is O=c1c2c(nc3n1Cc1ccccc1-3)CCC2. The Morgan fingerprint density at radius 3 is 3.00 bits per heavy atom. The highest BCUT2D eigenvalue weighted by atomic mass is 16.1. The summed E-state index contributed by atoms with van der Waals surface area (Å²) in [6.45, 7) is 0.685. The first-order chi connectivity index (χ1) is 8.34. The Bertz CT molecular complexity index is 685. The van der Waals surface area contributed by atoms with E-state index in [1.807, 2.05) is 16.7 Å². The van der Waals surface area contributed by atoms with Gasteiger partial charge >= 0.3 is 0 Å². The van der Waals surface area contributed by atoms with Crippen molar-refractivity contribution in [2.45, 2.75) is 25.8 Å². The fourth-order valence-electron chi connectivity index (χ4n) is 2.93. The topological polar surface area (TPSA) is 34.9 Å². The molecule has 0 unspecified atom stereocenters. The summed E-state index contributed by atoms with van der Waals surface area (Å²) < 4.78 is 1.83. The summed E-state index contributed by atoms with van der Waals surface area (Å²) in [5.41, 5.74) is 4.48. The average molecular weight is 224 g/mol. The van der Waals surface area contributed by atoms with Crippen LogP contribution in [0.2, 0.25) is 0 Å². The van der Waals surface area contributed by atoms with Gasteiger partial charge in [0.1, 0.15) is 5.82 Å². The second-order valence-electron chi connectivity index (χ2n) is 4.76. The number of nitrogens with zero attached hydrogens (tertiary/aromatic N) is 2. The maximum absolute atomic E-state index is 12.3. The Hall–Kier alpha value is -1.90. The van der Waals surface area contributed by atoms with Gasteiger partial charge in [-0.25, -0.2) is 4.98 Å². The van der Waals surface area contributed by atoms with Crippen molar-refractivity contribution in [3.63, 3.8) is 0 Å². The van der Waals surface area contributed by atoms with E-state index in [0.717, 1.165) is 41.9 Å². The lowest BCUT2D eigenvalue weighted by Gasteiger charge is -2.05. The number of hydrogen-bond acceptors (Lipinski definition) is 2. The molecule has 84 valence electrons. The second-order valence-corrected chi connectivity index (χ2v) is 4.76. The zero-order valence-corrected chi connectivity index (χ0v) is 9.44. The molecule has 0 bridgehead atoms. The molecule has 1 aromatic heterocycles. The lowest BCUT2D eigenvalue weighted by atomic mass is 10.1. The average Bonchev–Trinajstić information content (AvgIpc) is 2.94. The summed E-state index contributed by atoms with van der Waals surface area (Å²) in [6.07, 6.45) is 2.93. The summed E-state index contributed by atoms with van der Waals surface area (Å²) in [6, 6.07) is 8.16. The fourth-order valence-corrected chi connectivity index (χ4v) is 2.93. The number of fused-ring (bicyclic) bond motifs is 4. The fraction of sp³-hybridized carbons (Fsp3) is 0.286. The molecule has 0 radical (unpaired) electrons. The van der Waals surface area contributed by atoms with E-state index in [0.29, 0.717) is 6.54 Å². The van der Waals surface area contributed by atoms with Crippen LogP contribution in [0.15, 0.2) is 29.1 Å². The van der Waals surface area contributed by atoms with Crippen LogP contribution in [0.25, 0.3) is 11.4 Å². The molecule has 1 aliphatic heterocycles. The van der Waals surface area contributed by atoms with Crippen LogP contribution in [0.4, 0.5) is 0 Å². The van der Waals surface area contributed by atoms with E-state index in [4.69, 9.17) is 4.98 Å². The van der Waals surface area contributed by atoms with E-state index in [1.54, 1.807) is 0 Å². The van der Waals surface area contributed by atoms with Crippen molar-refractivity contribution in [1.29, 1.82) is 0 Å². The van der Waals surface area contributed by atoms with E-state index < -0.39 is 0 Å². The van der Waals surface area contributed by atoms with Crippen molar-refractivity contribution in [3.05, 3.63) is 51.4 Å². The summed E-state index contributed by atoms with van der Waals surface area (Å²) >= 11 is 0. The standard InChI is InChI=1S/C14H12N2O/c17-14-11-6-3-7-12(11)15-13-10-5-2-1-4-9(10)8-16(13)14/h1-2,4-5H,3,6-8H2. The number of rotatable bonds is 0. The molecule has 3 heteroatoms. The van der Waals surface area contributed by atoms with Gasteiger partial charge < -0.3 is 0 Å². The first-order valence-electron chi connectivity index (χ1n) is 6.05. The predicted octanol–water partition coefficient (Wildman–Crippen LogP) is 1.76. The summed E-state index contributed by atoms with van der Waals surface area (Å²) in [4.78, 5) is 17.0. The molecular formula is C14H12N2O.